The highest BCUT2D eigenvalue weighted by Crippen LogP contribution is 2.28. The fraction of sp³-hybridized carbons (Fsp3) is 0.227. The first-order valence-corrected chi connectivity index (χ1v) is 8.97. The van der Waals surface area contributed by atoms with Crippen LogP contribution in [0, 0.1) is 17.1 Å². The molecule has 0 aromatic heterocycles. The Hall–Kier alpha value is -3.46. The Bertz CT molecular complexity index is 995. The molecule has 2 amide bonds. The first-order chi connectivity index (χ1) is 13.4. The van der Waals surface area contributed by atoms with Gasteiger partial charge in [0.2, 0.25) is 0 Å². The van der Waals surface area contributed by atoms with E-state index in [9.17, 15) is 19.2 Å². The van der Waals surface area contributed by atoms with Crippen molar-refractivity contribution in [1.29, 1.82) is 5.26 Å². The molecule has 1 fully saturated rings. The number of halogens is 1. The normalized spacial score (nSPS) is 20.8. The summed E-state index contributed by atoms with van der Waals surface area (Å²) in [5.74, 6) is -1.39. The number of amides is 2. The largest absolute Gasteiger partial charge is 0.336 e. The Balaban J connectivity index is 2.00. The summed E-state index contributed by atoms with van der Waals surface area (Å²) in [6.45, 7) is 1.84. The van der Waals surface area contributed by atoms with Gasteiger partial charge in [-0.15, -0.1) is 0 Å². The summed E-state index contributed by atoms with van der Waals surface area (Å²) < 4.78 is 14.2. The summed E-state index contributed by atoms with van der Waals surface area (Å²) in [7, 11) is 1.50. The lowest BCUT2D eigenvalue weighted by Gasteiger charge is -2.41. The van der Waals surface area contributed by atoms with Crippen molar-refractivity contribution in [3.05, 3.63) is 76.7 Å². The molecule has 28 heavy (non-hydrogen) atoms. The van der Waals surface area contributed by atoms with E-state index in [4.69, 9.17) is 0 Å². The fourth-order valence-corrected chi connectivity index (χ4v) is 3.43. The van der Waals surface area contributed by atoms with Crippen LogP contribution in [0.1, 0.15) is 30.0 Å². The van der Waals surface area contributed by atoms with E-state index in [0.29, 0.717) is 12.8 Å². The van der Waals surface area contributed by atoms with Crippen LogP contribution in [0.5, 0.6) is 0 Å². The smallest absolute Gasteiger partial charge is 0.268 e. The molecule has 3 rings (SSSR count). The van der Waals surface area contributed by atoms with Crippen LogP contribution in [0.2, 0.25) is 0 Å². The van der Waals surface area contributed by atoms with E-state index in [1.807, 2.05) is 43.3 Å². The first-order valence-electron chi connectivity index (χ1n) is 8.97. The van der Waals surface area contributed by atoms with Crippen LogP contribution in [0.25, 0.3) is 6.08 Å². The molecule has 6 heteroatoms. The van der Waals surface area contributed by atoms with Gasteiger partial charge in [-0.1, -0.05) is 43.3 Å². The predicted molar refractivity (Wildman–Crippen MR) is 103 cm³/mol. The minimum absolute atomic E-state index is 0.00346. The average Bonchev–Trinajstić information content (AvgIpc) is 2.70. The van der Waals surface area contributed by atoms with E-state index >= 15 is 0 Å². The third-order valence-electron chi connectivity index (χ3n) is 5.07. The van der Waals surface area contributed by atoms with Gasteiger partial charge in [-0.2, -0.15) is 5.26 Å². The van der Waals surface area contributed by atoms with Gasteiger partial charge in [0.1, 0.15) is 17.1 Å². The van der Waals surface area contributed by atoms with E-state index in [0.717, 1.165) is 5.56 Å². The van der Waals surface area contributed by atoms with Crippen molar-refractivity contribution in [2.24, 2.45) is 0 Å². The zero-order chi connectivity index (χ0) is 20.3. The van der Waals surface area contributed by atoms with Gasteiger partial charge in [-0.3, -0.25) is 9.59 Å². The third-order valence-corrected chi connectivity index (χ3v) is 5.07. The molecule has 0 saturated carbocycles. The molecule has 0 bridgehead atoms. The Morgan fingerprint density at radius 2 is 1.89 bits per heavy atom. The SMILES string of the molecule is CCC1(Cc2ccccc2)NC(=O)C(=Cc2c(F)cccc2C#N)N(C)C1=O. The lowest BCUT2D eigenvalue weighted by Crippen LogP contribution is -2.65. The molecule has 142 valence electrons. The molecule has 0 radical (unpaired) electrons. The summed E-state index contributed by atoms with van der Waals surface area (Å²) in [6.07, 6.45) is 2.02. The van der Waals surface area contributed by atoms with Gasteiger partial charge in [0.05, 0.1) is 11.6 Å². The topological polar surface area (TPSA) is 73.2 Å². The van der Waals surface area contributed by atoms with E-state index < -0.39 is 17.3 Å². The van der Waals surface area contributed by atoms with Crippen LogP contribution in [0.4, 0.5) is 4.39 Å². The van der Waals surface area contributed by atoms with Crippen molar-refractivity contribution in [3.8, 4) is 6.07 Å². The minimum atomic E-state index is -1.07. The summed E-state index contributed by atoms with van der Waals surface area (Å²) in [5, 5.41) is 12.0. The lowest BCUT2D eigenvalue weighted by molar-refractivity contribution is -0.144. The van der Waals surface area contributed by atoms with Crippen LogP contribution in [0.15, 0.2) is 54.2 Å². The number of likely N-dealkylation sites (N-methyl/N-ethyl adjacent to an activating group) is 1. The van der Waals surface area contributed by atoms with E-state index in [2.05, 4.69) is 5.32 Å². The van der Waals surface area contributed by atoms with Crippen LogP contribution >= 0.6 is 0 Å². The molecule has 1 heterocycles. The van der Waals surface area contributed by atoms with Gasteiger partial charge in [-0.25, -0.2) is 4.39 Å². The van der Waals surface area contributed by atoms with Gasteiger partial charge in [0, 0.05) is 19.0 Å². The molecule has 0 spiro atoms. The van der Waals surface area contributed by atoms with Crippen LogP contribution in [0.3, 0.4) is 0 Å². The molecule has 1 unspecified atom stereocenters. The number of nitrogens with one attached hydrogen (secondary N) is 1. The second-order valence-electron chi connectivity index (χ2n) is 6.76. The van der Waals surface area contributed by atoms with Crippen molar-refractivity contribution in [2.75, 3.05) is 7.05 Å². The molecule has 1 N–H and O–H groups in total. The highest BCUT2D eigenvalue weighted by Gasteiger charge is 2.46. The zero-order valence-corrected chi connectivity index (χ0v) is 15.7. The van der Waals surface area contributed by atoms with Crippen molar-refractivity contribution in [2.45, 2.75) is 25.3 Å². The molecule has 0 aliphatic carbocycles. The average molecular weight is 377 g/mol. The molecular weight excluding hydrogens is 357 g/mol. The Labute approximate surface area is 163 Å². The Morgan fingerprint density at radius 1 is 1.18 bits per heavy atom. The van der Waals surface area contributed by atoms with Crippen molar-refractivity contribution in [1.82, 2.24) is 10.2 Å². The summed E-state index contributed by atoms with van der Waals surface area (Å²) in [4.78, 5) is 27.3. The zero-order valence-electron chi connectivity index (χ0n) is 15.7. The minimum Gasteiger partial charge on any atom is -0.336 e. The molecular formula is C22H20FN3O2. The maximum Gasteiger partial charge on any atom is 0.268 e. The van der Waals surface area contributed by atoms with Crippen LogP contribution in [-0.4, -0.2) is 29.3 Å². The highest BCUT2D eigenvalue weighted by atomic mass is 19.1. The van der Waals surface area contributed by atoms with Gasteiger partial charge in [0.15, 0.2) is 0 Å². The lowest BCUT2D eigenvalue weighted by atomic mass is 9.84. The number of carbonyl (C=O) groups excluding carboxylic acids is 2. The quantitative estimate of drug-likeness (QED) is 0.833. The molecule has 1 aliphatic heterocycles. The second-order valence-corrected chi connectivity index (χ2v) is 6.76. The molecule has 1 atom stereocenters. The van der Waals surface area contributed by atoms with E-state index in [-0.39, 0.29) is 22.7 Å². The molecule has 1 aliphatic rings. The Morgan fingerprint density at radius 3 is 2.54 bits per heavy atom. The predicted octanol–water partition coefficient (Wildman–Crippen LogP) is 3.02. The first kappa shape index (κ1) is 19.3. The van der Waals surface area contributed by atoms with Gasteiger partial charge >= 0.3 is 0 Å². The van der Waals surface area contributed by atoms with E-state index in [1.165, 1.54) is 36.2 Å². The number of benzene rings is 2. The maximum absolute atomic E-state index is 14.2. The van der Waals surface area contributed by atoms with Crippen LogP contribution < -0.4 is 5.32 Å². The highest BCUT2D eigenvalue weighted by molar-refractivity contribution is 6.09. The fourth-order valence-electron chi connectivity index (χ4n) is 3.43. The molecule has 2 aromatic rings. The molecule has 5 nitrogen and oxygen atoms in total. The van der Waals surface area contributed by atoms with Crippen molar-refractivity contribution >= 4 is 17.9 Å². The maximum atomic E-state index is 14.2. The number of hydrogen-bond acceptors (Lipinski definition) is 3. The summed E-state index contributed by atoms with van der Waals surface area (Å²) >= 11 is 0. The van der Waals surface area contributed by atoms with Crippen molar-refractivity contribution in [3.63, 3.8) is 0 Å². The standard InChI is InChI=1S/C22H20FN3O2/c1-3-22(13-15-8-5-4-6-9-15)21(28)26(2)19(20(27)25-22)12-17-16(14-24)10-7-11-18(17)23/h4-12H,3,13H2,1-2H3,(H,25,27). The monoisotopic (exact) mass is 377 g/mol. The number of hydrogen-bond donors (Lipinski definition) is 1. The number of rotatable bonds is 4. The molecule has 2 aromatic carbocycles. The third kappa shape index (κ3) is 3.39. The van der Waals surface area contributed by atoms with Gasteiger partial charge in [0.25, 0.3) is 11.8 Å². The van der Waals surface area contributed by atoms with Crippen molar-refractivity contribution < 1.29 is 14.0 Å². The number of carbonyl (C=O) groups is 2. The van der Waals surface area contributed by atoms with Gasteiger partial charge in [-0.05, 0) is 30.2 Å². The number of piperazine rings is 1. The Kier molecular flexibility index (Phi) is 5.27. The number of nitriles is 1. The second kappa shape index (κ2) is 7.65. The van der Waals surface area contributed by atoms with Crippen LogP contribution in [-0.2, 0) is 16.0 Å². The van der Waals surface area contributed by atoms with Gasteiger partial charge < -0.3 is 10.2 Å². The summed E-state index contributed by atoms with van der Waals surface area (Å²) in [6, 6.07) is 15.5. The number of nitrogens with zero attached hydrogens (tertiary/aromatic N) is 2. The van der Waals surface area contributed by atoms with E-state index in [1.54, 1.807) is 0 Å². The summed E-state index contributed by atoms with van der Waals surface area (Å²) in [5.41, 5.74) is -0.0549. The molecule has 1 saturated heterocycles.